The number of carbonyl (C=O) groups excluding carboxylic acids is 1. The second-order valence-electron chi connectivity index (χ2n) is 7.69. The van der Waals surface area contributed by atoms with E-state index in [1.807, 2.05) is 30.3 Å². The summed E-state index contributed by atoms with van der Waals surface area (Å²) in [4.78, 5) is 12.5. The number of benzene rings is 4. The first kappa shape index (κ1) is 23.4. The Bertz CT molecular complexity index is 1440. The van der Waals surface area contributed by atoms with Crippen LogP contribution in [0.2, 0.25) is 10.0 Å². The summed E-state index contributed by atoms with van der Waals surface area (Å²) in [5.41, 5.74) is 3.44. The van der Waals surface area contributed by atoms with Crippen LogP contribution in [0.1, 0.15) is 16.7 Å². The number of carbonyl (C=O) groups is 1. The number of fused-ring (bicyclic) bond motifs is 1. The average Bonchev–Trinajstić information content (AvgIpc) is 2.85. The SMILES string of the molecule is Cc1ccc2ccccc2c1COc1ccc(/C=C(\C#N)C(=O)Nc2ccc(Cl)c(Cl)c2)cc1. The maximum Gasteiger partial charge on any atom is 0.266 e. The van der Waals surface area contributed by atoms with E-state index in [2.05, 4.69) is 36.5 Å². The zero-order valence-electron chi connectivity index (χ0n) is 18.3. The highest BCUT2D eigenvalue weighted by atomic mass is 35.5. The number of hydrogen-bond acceptors (Lipinski definition) is 3. The van der Waals surface area contributed by atoms with Crippen LogP contribution < -0.4 is 10.1 Å². The first-order valence-electron chi connectivity index (χ1n) is 10.5. The monoisotopic (exact) mass is 486 g/mol. The maximum atomic E-state index is 12.5. The molecule has 34 heavy (non-hydrogen) atoms. The number of rotatable bonds is 6. The van der Waals surface area contributed by atoms with Crippen molar-refractivity contribution in [2.45, 2.75) is 13.5 Å². The van der Waals surface area contributed by atoms with Gasteiger partial charge >= 0.3 is 0 Å². The topological polar surface area (TPSA) is 62.1 Å². The van der Waals surface area contributed by atoms with E-state index in [0.29, 0.717) is 33.7 Å². The van der Waals surface area contributed by atoms with Gasteiger partial charge in [-0.3, -0.25) is 4.79 Å². The highest BCUT2D eigenvalue weighted by molar-refractivity contribution is 6.42. The molecule has 4 rings (SSSR count). The lowest BCUT2D eigenvalue weighted by Crippen LogP contribution is -2.13. The summed E-state index contributed by atoms with van der Waals surface area (Å²) in [6.07, 6.45) is 1.52. The van der Waals surface area contributed by atoms with E-state index in [1.54, 1.807) is 24.3 Å². The summed E-state index contributed by atoms with van der Waals surface area (Å²) in [7, 11) is 0. The third kappa shape index (κ3) is 5.40. The number of hydrogen-bond donors (Lipinski definition) is 1. The second-order valence-corrected chi connectivity index (χ2v) is 8.51. The van der Waals surface area contributed by atoms with Gasteiger partial charge in [-0.1, -0.05) is 71.7 Å². The molecule has 6 heteroatoms. The van der Waals surface area contributed by atoms with E-state index in [4.69, 9.17) is 27.9 Å². The van der Waals surface area contributed by atoms with Crippen LogP contribution in [0.4, 0.5) is 5.69 Å². The Hall–Kier alpha value is -3.78. The van der Waals surface area contributed by atoms with E-state index in [-0.39, 0.29) is 5.57 Å². The lowest BCUT2D eigenvalue weighted by molar-refractivity contribution is -0.112. The number of halogens is 2. The average molecular weight is 487 g/mol. The molecule has 0 atom stereocenters. The van der Waals surface area contributed by atoms with Crippen molar-refractivity contribution in [3.63, 3.8) is 0 Å². The molecule has 0 heterocycles. The molecular formula is C28H20Cl2N2O2. The van der Waals surface area contributed by atoms with Gasteiger partial charge in [0.25, 0.3) is 5.91 Å². The minimum Gasteiger partial charge on any atom is -0.489 e. The number of nitriles is 1. The predicted octanol–water partition coefficient (Wildman–Crippen LogP) is 7.58. The molecule has 0 aliphatic heterocycles. The molecule has 0 spiro atoms. The molecule has 168 valence electrons. The van der Waals surface area contributed by atoms with Gasteiger partial charge in [0.1, 0.15) is 24.0 Å². The fraction of sp³-hybridized carbons (Fsp3) is 0.0714. The van der Waals surface area contributed by atoms with Crippen LogP contribution in [-0.4, -0.2) is 5.91 Å². The molecule has 0 saturated heterocycles. The quantitative estimate of drug-likeness (QED) is 0.225. The molecule has 0 fully saturated rings. The molecule has 4 aromatic carbocycles. The van der Waals surface area contributed by atoms with Crippen LogP contribution in [0.3, 0.4) is 0 Å². The summed E-state index contributed by atoms with van der Waals surface area (Å²) in [6, 6.07) is 26.3. The summed E-state index contributed by atoms with van der Waals surface area (Å²) in [5.74, 6) is 0.163. The van der Waals surface area contributed by atoms with Gasteiger partial charge in [-0.25, -0.2) is 0 Å². The maximum absolute atomic E-state index is 12.5. The Morgan fingerprint density at radius 3 is 2.50 bits per heavy atom. The first-order chi connectivity index (χ1) is 16.4. The number of ether oxygens (including phenoxy) is 1. The van der Waals surface area contributed by atoms with E-state index in [1.165, 1.54) is 28.5 Å². The van der Waals surface area contributed by atoms with Crippen molar-refractivity contribution in [2.75, 3.05) is 5.32 Å². The standard InChI is InChI=1S/C28H20Cl2N2O2/c1-18-6-9-20-4-2-3-5-24(20)25(18)17-34-23-11-7-19(8-12-23)14-21(16-31)28(33)32-22-10-13-26(29)27(30)15-22/h2-15H,17H2,1H3,(H,32,33)/b21-14+. The largest absolute Gasteiger partial charge is 0.489 e. The number of nitrogens with one attached hydrogen (secondary N) is 1. The Morgan fingerprint density at radius 1 is 1.00 bits per heavy atom. The Balaban J connectivity index is 1.45. The predicted molar refractivity (Wildman–Crippen MR) is 138 cm³/mol. The molecule has 0 unspecified atom stereocenters. The van der Waals surface area contributed by atoms with Gasteiger partial charge in [0.05, 0.1) is 10.0 Å². The van der Waals surface area contributed by atoms with Crippen molar-refractivity contribution in [3.8, 4) is 11.8 Å². The molecule has 4 aromatic rings. The Morgan fingerprint density at radius 2 is 1.76 bits per heavy atom. The first-order valence-corrected chi connectivity index (χ1v) is 11.3. The minimum atomic E-state index is -0.535. The van der Waals surface area contributed by atoms with Crippen LogP contribution in [0, 0.1) is 18.3 Å². The molecule has 0 saturated carbocycles. The van der Waals surface area contributed by atoms with Gasteiger partial charge in [-0.15, -0.1) is 0 Å². The van der Waals surface area contributed by atoms with Gasteiger partial charge in [0, 0.05) is 11.3 Å². The van der Waals surface area contributed by atoms with Gasteiger partial charge < -0.3 is 10.1 Å². The third-order valence-electron chi connectivity index (χ3n) is 5.39. The Labute approximate surface area is 208 Å². The van der Waals surface area contributed by atoms with E-state index < -0.39 is 5.91 Å². The number of aryl methyl sites for hydroxylation is 1. The smallest absolute Gasteiger partial charge is 0.266 e. The molecule has 0 aromatic heterocycles. The van der Waals surface area contributed by atoms with Gasteiger partial charge in [-0.05, 0) is 65.2 Å². The summed E-state index contributed by atoms with van der Waals surface area (Å²) in [5, 5.41) is 15.2. The molecule has 0 aliphatic rings. The van der Waals surface area contributed by atoms with Crippen molar-refractivity contribution in [2.24, 2.45) is 0 Å². The number of nitrogens with zero attached hydrogens (tertiary/aromatic N) is 1. The fourth-order valence-electron chi connectivity index (χ4n) is 3.54. The molecule has 1 amide bonds. The Kier molecular flexibility index (Phi) is 7.18. The highest BCUT2D eigenvalue weighted by Gasteiger charge is 2.11. The van der Waals surface area contributed by atoms with Crippen molar-refractivity contribution in [1.29, 1.82) is 5.26 Å². The van der Waals surface area contributed by atoms with E-state index >= 15 is 0 Å². The van der Waals surface area contributed by atoms with Crippen molar-refractivity contribution in [3.05, 3.63) is 111 Å². The molecular weight excluding hydrogens is 467 g/mol. The van der Waals surface area contributed by atoms with Crippen molar-refractivity contribution < 1.29 is 9.53 Å². The molecule has 4 nitrogen and oxygen atoms in total. The third-order valence-corrected chi connectivity index (χ3v) is 6.13. The van der Waals surface area contributed by atoms with Gasteiger partial charge in [0.2, 0.25) is 0 Å². The zero-order chi connectivity index (χ0) is 24.1. The molecule has 0 radical (unpaired) electrons. The molecule has 0 bridgehead atoms. The van der Waals surface area contributed by atoms with E-state index in [0.717, 1.165) is 5.56 Å². The fourth-order valence-corrected chi connectivity index (χ4v) is 3.84. The zero-order valence-corrected chi connectivity index (χ0v) is 19.8. The normalized spacial score (nSPS) is 11.2. The van der Waals surface area contributed by atoms with Crippen LogP contribution in [-0.2, 0) is 11.4 Å². The van der Waals surface area contributed by atoms with Crippen molar-refractivity contribution in [1.82, 2.24) is 0 Å². The minimum absolute atomic E-state index is 0.0360. The van der Waals surface area contributed by atoms with Gasteiger partial charge in [0.15, 0.2) is 0 Å². The number of amides is 1. The highest BCUT2D eigenvalue weighted by Crippen LogP contribution is 2.26. The van der Waals surface area contributed by atoms with E-state index in [9.17, 15) is 10.1 Å². The van der Waals surface area contributed by atoms with Crippen LogP contribution >= 0.6 is 23.2 Å². The second kappa shape index (κ2) is 10.4. The number of anilines is 1. The molecule has 0 aliphatic carbocycles. The molecule has 1 N–H and O–H groups in total. The lowest BCUT2D eigenvalue weighted by Gasteiger charge is -2.12. The van der Waals surface area contributed by atoms with Crippen molar-refractivity contribution >= 4 is 51.6 Å². The lowest BCUT2D eigenvalue weighted by atomic mass is 10.0. The van der Waals surface area contributed by atoms with Gasteiger partial charge in [-0.2, -0.15) is 5.26 Å². The summed E-state index contributed by atoms with van der Waals surface area (Å²) < 4.78 is 6.03. The van der Waals surface area contributed by atoms with Crippen LogP contribution in [0.5, 0.6) is 5.75 Å². The summed E-state index contributed by atoms with van der Waals surface area (Å²) >= 11 is 11.9. The van der Waals surface area contributed by atoms with Crippen LogP contribution in [0.25, 0.3) is 16.8 Å². The summed E-state index contributed by atoms with van der Waals surface area (Å²) in [6.45, 7) is 2.52. The van der Waals surface area contributed by atoms with Crippen LogP contribution in [0.15, 0.2) is 84.4 Å².